The standard InChI is InChI=1S/C25H46N.C6H13NO3S/c1-5-7-8-9-10-11-12-13-14-15-16-20-23-26(3,4)25(6-2)24-21-18-17-19-22-24;8-11(9,10)7-6-4-2-1-3-5-6/h17-19,21-22,25H,5-16,20,23H2,1-4H3;6-7H,1-5H2,(H,8,9,10)/q+1;/p-1. The molecule has 0 aromatic heterocycles. The molecule has 37 heavy (non-hydrogen) atoms. The summed E-state index contributed by atoms with van der Waals surface area (Å²) < 4.78 is 33.9. The van der Waals surface area contributed by atoms with Crippen LogP contribution in [0.15, 0.2) is 30.3 Å². The molecule has 0 bridgehead atoms. The van der Waals surface area contributed by atoms with Gasteiger partial charge in [0.05, 0.1) is 20.6 Å². The van der Waals surface area contributed by atoms with Crippen molar-refractivity contribution in [2.75, 3.05) is 20.6 Å². The Hall–Kier alpha value is -0.950. The Morgan fingerprint density at radius 3 is 1.76 bits per heavy atom. The molecule has 2 rings (SSSR count). The minimum atomic E-state index is -4.22. The molecule has 5 nitrogen and oxygen atoms in total. The normalized spacial score (nSPS) is 15.7. The highest BCUT2D eigenvalue weighted by Gasteiger charge is 2.27. The van der Waals surface area contributed by atoms with Crippen LogP contribution in [0.3, 0.4) is 0 Å². The maximum atomic E-state index is 10.2. The van der Waals surface area contributed by atoms with Gasteiger partial charge in [0.25, 0.3) is 0 Å². The van der Waals surface area contributed by atoms with Crippen molar-refractivity contribution in [3.05, 3.63) is 35.9 Å². The largest absolute Gasteiger partial charge is 0.735 e. The summed E-state index contributed by atoms with van der Waals surface area (Å²) in [6.07, 6.45) is 23.2. The third-order valence-corrected chi connectivity index (χ3v) is 8.54. The van der Waals surface area contributed by atoms with Crippen LogP contribution in [-0.4, -0.2) is 44.1 Å². The van der Waals surface area contributed by atoms with Crippen molar-refractivity contribution in [2.45, 2.75) is 142 Å². The van der Waals surface area contributed by atoms with E-state index in [9.17, 15) is 13.0 Å². The predicted octanol–water partition coefficient (Wildman–Crippen LogP) is 8.28. The fourth-order valence-electron chi connectivity index (χ4n) is 5.75. The van der Waals surface area contributed by atoms with Gasteiger partial charge in [0, 0.05) is 18.0 Å². The summed E-state index contributed by atoms with van der Waals surface area (Å²) in [5, 5.41) is 0. The van der Waals surface area contributed by atoms with Crippen molar-refractivity contribution in [1.82, 2.24) is 4.72 Å². The molecule has 0 aliphatic heterocycles. The van der Waals surface area contributed by atoms with Crippen LogP contribution in [0.1, 0.15) is 141 Å². The molecule has 6 heteroatoms. The molecule has 1 saturated carbocycles. The number of unbranched alkanes of at least 4 members (excludes halogenated alkanes) is 11. The minimum Gasteiger partial charge on any atom is -0.735 e. The number of hydrogen-bond acceptors (Lipinski definition) is 3. The second-order valence-corrected chi connectivity index (χ2v) is 12.8. The lowest BCUT2D eigenvalue weighted by atomic mass is 9.96. The summed E-state index contributed by atoms with van der Waals surface area (Å²) in [4.78, 5) is 0. The van der Waals surface area contributed by atoms with E-state index in [1.165, 1.54) is 95.6 Å². The number of nitrogens with zero attached hydrogens (tertiary/aromatic N) is 1. The van der Waals surface area contributed by atoms with Gasteiger partial charge >= 0.3 is 0 Å². The lowest BCUT2D eigenvalue weighted by Gasteiger charge is -2.38. The quantitative estimate of drug-likeness (QED) is 0.116. The van der Waals surface area contributed by atoms with Crippen LogP contribution in [0, 0.1) is 0 Å². The zero-order valence-electron chi connectivity index (χ0n) is 24.6. The number of quaternary nitrogens is 1. The summed E-state index contributed by atoms with van der Waals surface area (Å²) in [7, 11) is 0.609. The second kappa shape index (κ2) is 20.0. The molecular formula is C31H58N2O3S. The maximum absolute atomic E-state index is 10.2. The van der Waals surface area contributed by atoms with Crippen LogP contribution in [0.25, 0.3) is 0 Å². The third kappa shape index (κ3) is 17.3. The van der Waals surface area contributed by atoms with E-state index in [1.807, 2.05) is 0 Å². The van der Waals surface area contributed by atoms with Crippen molar-refractivity contribution in [2.24, 2.45) is 0 Å². The van der Waals surface area contributed by atoms with E-state index >= 15 is 0 Å². The summed E-state index contributed by atoms with van der Waals surface area (Å²) in [5.41, 5.74) is 1.50. The van der Waals surface area contributed by atoms with Crippen LogP contribution in [-0.2, 0) is 10.3 Å². The summed E-state index contributed by atoms with van der Waals surface area (Å²) in [6, 6.07) is 11.6. The van der Waals surface area contributed by atoms with Crippen molar-refractivity contribution < 1.29 is 17.5 Å². The molecule has 0 amide bonds. The number of hydrogen-bond donors (Lipinski definition) is 1. The Labute approximate surface area is 230 Å². The highest BCUT2D eigenvalue weighted by molar-refractivity contribution is 7.83. The topological polar surface area (TPSA) is 69.2 Å². The lowest BCUT2D eigenvalue weighted by molar-refractivity contribution is -0.921. The molecule has 0 radical (unpaired) electrons. The molecule has 0 saturated heterocycles. The molecule has 1 aliphatic rings. The summed E-state index contributed by atoms with van der Waals surface area (Å²) in [5.74, 6) is 0. The fraction of sp³-hybridized carbons (Fsp3) is 0.806. The number of nitrogens with one attached hydrogen (secondary N) is 1. The average molecular weight is 539 g/mol. The highest BCUT2D eigenvalue weighted by atomic mass is 32.2. The Kier molecular flexibility index (Phi) is 18.4. The lowest BCUT2D eigenvalue weighted by Crippen LogP contribution is -2.43. The fourth-order valence-corrected chi connectivity index (χ4v) is 6.39. The average Bonchev–Trinajstić information content (AvgIpc) is 2.85. The van der Waals surface area contributed by atoms with E-state index in [2.05, 4.69) is 63.0 Å². The monoisotopic (exact) mass is 538 g/mol. The van der Waals surface area contributed by atoms with E-state index < -0.39 is 10.3 Å². The molecule has 1 aromatic carbocycles. The van der Waals surface area contributed by atoms with Crippen molar-refractivity contribution >= 4 is 10.3 Å². The molecule has 1 aliphatic carbocycles. The first-order valence-electron chi connectivity index (χ1n) is 15.3. The second-order valence-electron chi connectivity index (χ2n) is 11.6. The molecule has 0 spiro atoms. The third-order valence-electron chi connectivity index (χ3n) is 7.92. The van der Waals surface area contributed by atoms with Gasteiger partial charge in [-0.05, 0) is 25.7 Å². The molecule has 216 valence electrons. The van der Waals surface area contributed by atoms with Crippen LogP contribution in [0.5, 0.6) is 0 Å². The molecule has 1 atom stereocenters. The van der Waals surface area contributed by atoms with Gasteiger partial charge in [0.15, 0.2) is 10.3 Å². The van der Waals surface area contributed by atoms with E-state index in [1.54, 1.807) is 0 Å². The first-order chi connectivity index (χ1) is 17.7. The van der Waals surface area contributed by atoms with Crippen LogP contribution in [0.2, 0.25) is 0 Å². The van der Waals surface area contributed by atoms with Crippen LogP contribution < -0.4 is 4.72 Å². The molecular weight excluding hydrogens is 480 g/mol. The van der Waals surface area contributed by atoms with Gasteiger partial charge in [0.2, 0.25) is 0 Å². The zero-order chi connectivity index (χ0) is 27.4. The van der Waals surface area contributed by atoms with Crippen molar-refractivity contribution in [3.63, 3.8) is 0 Å². The van der Waals surface area contributed by atoms with E-state index in [4.69, 9.17) is 0 Å². The first-order valence-corrected chi connectivity index (χ1v) is 16.7. The van der Waals surface area contributed by atoms with Gasteiger partial charge in [0.1, 0.15) is 6.04 Å². The summed E-state index contributed by atoms with van der Waals surface area (Å²) >= 11 is 0. The van der Waals surface area contributed by atoms with Gasteiger partial charge in [-0.15, -0.1) is 0 Å². The maximum Gasteiger partial charge on any atom is 0.159 e. The summed E-state index contributed by atoms with van der Waals surface area (Å²) in [6.45, 7) is 5.93. The van der Waals surface area contributed by atoms with Crippen molar-refractivity contribution in [1.29, 1.82) is 0 Å². The van der Waals surface area contributed by atoms with Gasteiger partial charge in [-0.1, -0.05) is 128 Å². The van der Waals surface area contributed by atoms with Gasteiger partial charge < -0.3 is 9.04 Å². The minimum absolute atomic E-state index is 0.105. The predicted molar refractivity (Wildman–Crippen MR) is 157 cm³/mol. The number of rotatable bonds is 18. The molecule has 1 aromatic rings. The first kappa shape index (κ1) is 34.1. The zero-order valence-corrected chi connectivity index (χ0v) is 25.4. The molecule has 0 heterocycles. The Morgan fingerprint density at radius 1 is 0.811 bits per heavy atom. The van der Waals surface area contributed by atoms with Crippen LogP contribution in [0.4, 0.5) is 0 Å². The van der Waals surface area contributed by atoms with E-state index in [0.29, 0.717) is 6.04 Å². The van der Waals surface area contributed by atoms with E-state index in [0.717, 1.165) is 36.6 Å². The van der Waals surface area contributed by atoms with Gasteiger partial charge in [-0.3, -0.25) is 0 Å². The number of benzene rings is 1. The van der Waals surface area contributed by atoms with Gasteiger partial charge in [-0.2, -0.15) is 0 Å². The van der Waals surface area contributed by atoms with E-state index in [-0.39, 0.29) is 6.04 Å². The Bertz CT molecular complexity index is 762. The smallest absolute Gasteiger partial charge is 0.159 e. The molecule has 1 fully saturated rings. The van der Waals surface area contributed by atoms with Crippen molar-refractivity contribution in [3.8, 4) is 0 Å². The van der Waals surface area contributed by atoms with Crippen LogP contribution >= 0.6 is 0 Å². The Balaban J connectivity index is 0.000000516. The molecule has 1 unspecified atom stereocenters. The Morgan fingerprint density at radius 2 is 1.30 bits per heavy atom. The SMILES string of the molecule is CCCCCCCCCCCCCC[N+](C)(C)C(CC)c1ccccc1.O=S(=O)([O-])NC1CCCCC1. The molecule has 1 N–H and O–H groups in total. The highest BCUT2D eigenvalue weighted by Crippen LogP contribution is 2.28. The van der Waals surface area contributed by atoms with Gasteiger partial charge in [-0.25, -0.2) is 13.1 Å².